The number of aliphatic hydroxyl groups is 1. The van der Waals surface area contributed by atoms with Crippen LogP contribution in [0.4, 0.5) is 4.79 Å². The van der Waals surface area contributed by atoms with Crippen molar-refractivity contribution >= 4 is 11.9 Å². The number of nitrogens with zero attached hydrogens (tertiary/aromatic N) is 1. The Morgan fingerprint density at radius 3 is 2.54 bits per heavy atom. The predicted octanol–water partition coefficient (Wildman–Crippen LogP) is 1.85. The molecule has 1 aromatic carbocycles. The number of carbonyl (C=O) groups excluding carboxylic acids is 2. The SMILES string of the molecule is CCc1ccc(OC[C@@H](O)CN2C(=O)NC3(CCCC3)C2=O)cc1. The van der Waals surface area contributed by atoms with Crippen LogP contribution >= 0.6 is 0 Å². The number of β-amino-alcohol motifs (C(OH)–C–C–N with tert-alkyl or cyclic N) is 1. The van der Waals surface area contributed by atoms with Crippen LogP contribution in [0.25, 0.3) is 0 Å². The van der Waals surface area contributed by atoms with Gasteiger partial charge in [-0.05, 0) is 37.0 Å². The smallest absolute Gasteiger partial charge is 0.325 e. The molecule has 130 valence electrons. The molecule has 2 fully saturated rings. The van der Waals surface area contributed by atoms with E-state index < -0.39 is 17.7 Å². The van der Waals surface area contributed by atoms with Crippen molar-refractivity contribution in [2.75, 3.05) is 13.2 Å². The average molecular weight is 332 g/mol. The van der Waals surface area contributed by atoms with Crippen molar-refractivity contribution in [3.05, 3.63) is 29.8 Å². The number of urea groups is 1. The highest BCUT2D eigenvalue weighted by Crippen LogP contribution is 2.35. The second-order valence-corrected chi connectivity index (χ2v) is 6.60. The number of amides is 3. The Morgan fingerprint density at radius 2 is 1.92 bits per heavy atom. The summed E-state index contributed by atoms with van der Waals surface area (Å²) in [7, 11) is 0. The molecule has 1 heterocycles. The lowest BCUT2D eigenvalue weighted by atomic mass is 9.98. The van der Waals surface area contributed by atoms with Crippen molar-refractivity contribution in [1.82, 2.24) is 10.2 Å². The number of imide groups is 1. The van der Waals surface area contributed by atoms with E-state index >= 15 is 0 Å². The van der Waals surface area contributed by atoms with Gasteiger partial charge in [0.05, 0.1) is 6.54 Å². The van der Waals surface area contributed by atoms with Crippen LogP contribution in [0.1, 0.15) is 38.2 Å². The summed E-state index contributed by atoms with van der Waals surface area (Å²) in [6.45, 7) is 2.07. The molecule has 3 rings (SSSR count). The topological polar surface area (TPSA) is 78.9 Å². The van der Waals surface area contributed by atoms with Crippen LogP contribution in [-0.4, -0.2) is 46.7 Å². The summed E-state index contributed by atoms with van der Waals surface area (Å²) >= 11 is 0. The molecule has 1 saturated carbocycles. The van der Waals surface area contributed by atoms with Gasteiger partial charge in [-0.15, -0.1) is 0 Å². The molecule has 1 aliphatic heterocycles. The summed E-state index contributed by atoms with van der Waals surface area (Å²) in [5, 5.41) is 12.9. The van der Waals surface area contributed by atoms with Crippen molar-refractivity contribution in [2.45, 2.75) is 50.7 Å². The maximum absolute atomic E-state index is 12.5. The average Bonchev–Trinajstić information content (AvgIpc) is 3.14. The van der Waals surface area contributed by atoms with Gasteiger partial charge in [0, 0.05) is 0 Å². The number of hydrogen-bond acceptors (Lipinski definition) is 4. The molecule has 24 heavy (non-hydrogen) atoms. The van der Waals surface area contributed by atoms with E-state index in [1.165, 1.54) is 5.56 Å². The largest absolute Gasteiger partial charge is 0.491 e. The third-order valence-electron chi connectivity index (χ3n) is 4.87. The standard InChI is InChI=1S/C18H24N2O4/c1-2-13-5-7-15(8-6-13)24-12-14(21)11-20-16(22)18(19-17(20)23)9-3-4-10-18/h5-8,14,21H,2-4,9-12H2,1H3,(H,19,23)/t14-/m0/s1. The van der Waals surface area contributed by atoms with Gasteiger partial charge in [-0.1, -0.05) is 31.9 Å². The van der Waals surface area contributed by atoms with Crippen molar-refractivity contribution in [3.8, 4) is 5.75 Å². The highest BCUT2D eigenvalue weighted by molar-refractivity contribution is 6.07. The minimum Gasteiger partial charge on any atom is -0.491 e. The Labute approximate surface area is 141 Å². The first kappa shape index (κ1) is 16.8. The van der Waals surface area contributed by atoms with Gasteiger partial charge >= 0.3 is 6.03 Å². The molecule has 0 aromatic heterocycles. The molecule has 0 radical (unpaired) electrons. The number of benzene rings is 1. The number of carbonyl (C=O) groups is 2. The van der Waals surface area contributed by atoms with Crippen molar-refractivity contribution in [3.63, 3.8) is 0 Å². The van der Waals surface area contributed by atoms with Crippen molar-refractivity contribution in [2.24, 2.45) is 0 Å². The van der Waals surface area contributed by atoms with E-state index in [-0.39, 0.29) is 19.1 Å². The first-order valence-electron chi connectivity index (χ1n) is 8.58. The van der Waals surface area contributed by atoms with E-state index in [1.54, 1.807) is 0 Å². The van der Waals surface area contributed by atoms with Gasteiger partial charge in [0.25, 0.3) is 5.91 Å². The first-order valence-corrected chi connectivity index (χ1v) is 8.58. The zero-order valence-corrected chi connectivity index (χ0v) is 14.0. The second-order valence-electron chi connectivity index (χ2n) is 6.60. The molecule has 6 nitrogen and oxygen atoms in total. The molecule has 1 aliphatic carbocycles. The molecule has 6 heteroatoms. The lowest BCUT2D eigenvalue weighted by molar-refractivity contribution is -0.132. The Hall–Kier alpha value is -2.08. The summed E-state index contributed by atoms with van der Waals surface area (Å²) < 4.78 is 5.55. The van der Waals surface area contributed by atoms with E-state index in [0.717, 1.165) is 24.2 Å². The van der Waals surface area contributed by atoms with Crippen molar-refractivity contribution in [1.29, 1.82) is 0 Å². The van der Waals surface area contributed by atoms with Crippen LogP contribution in [0.2, 0.25) is 0 Å². The monoisotopic (exact) mass is 332 g/mol. The predicted molar refractivity (Wildman–Crippen MR) is 88.8 cm³/mol. The number of aliphatic hydroxyl groups excluding tert-OH is 1. The quantitative estimate of drug-likeness (QED) is 0.779. The molecule has 1 saturated heterocycles. The summed E-state index contributed by atoms with van der Waals surface area (Å²) in [4.78, 5) is 25.7. The normalized spacial score (nSPS) is 20.5. The molecule has 0 bridgehead atoms. The third-order valence-corrected chi connectivity index (χ3v) is 4.87. The maximum Gasteiger partial charge on any atom is 0.325 e. The zero-order valence-electron chi connectivity index (χ0n) is 14.0. The molecule has 2 aliphatic rings. The molecule has 3 amide bonds. The molecule has 1 spiro atoms. The fourth-order valence-corrected chi connectivity index (χ4v) is 3.44. The van der Waals surface area contributed by atoms with Crippen molar-refractivity contribution < 1.29 is 19.4 Å². The minimum atomic E-state index is -0.915. The molecular weight excluding hydrogens is 308 g/mol. The Kier molecular flexibility index (Phi) is 4.76. The van der Waals surface area contributed by atoms with Crippen LogP contribution < -0.4 is 10.1 Å². The van der Waals surface area contributed by atoms with Crippen LogP contribution in [0.5, 0.6) is 5.75 Å². The molecule has 1 aromatic rings. The number of nitrogens with one attached hydrogen (secondary N) is 1. The molecule has 1 atom stereocenters. The molecular formula is C18H24N2O4. The van der Waals surface area contributed by atoms with Gasteiger partial charge < -0.3 is 15.2 Å². The van der Waals surface area contributed by atoms with E-state index in [1.807, 2.05) is 24.3 Å². The van der Waals surface area contributed by atoms with Crippen LogP contribution in [0.3, 0.4) is 0 Å². The van der Waals surface area contributed by atoms with E-state index in [4.69, 9.17) is 4.74 Å². The van der Waals surface area contributed by atoms with Gasteiger partial charge in [0.1, 0.15) is 24.0 Å². The summed E-state index contributed by atoms with van der Waals surface area (Å²) in [5.74, 6) is 0.451. The Morgan fingerprint density at radius 1 is 1.25 bits per heavy atom. The zero-order chi connectivity index (χ0) is 17.2. The fourth-order valence-electron chi connectivity index (χ4n) is 3.44. The van der Waals surface area contributed by atoms with Gasteiger partial charge in [-0.25, -0.2) is 4.79 Å². The lowest BCUT2D eigenvalue weighted by Gasteiger charge is -2.21. The lowest BCUT2D eigenvalue weighted by Crippen LogP contribution is -2.45. The second kappa shape index (κ2) is 6.81. The Balaban J connectivity index is 1.53. The maximum atomic E-state index is 12.5. The number of ether oxygens (including phenoxy) is 1. The summed E-state index contributed by atoms with van der Waals surface area (Å²) in [6.07, 6.45) is 3.30. The minimum absolute atomic E-state index is 0.0372. The van der Waals surface area contributed by atoms with Gasteiger partial charge in [-0.3, -0.25) is 9.69 Å². The van der Waals surface area contributed by atoms with Gasteiger partial charge in [0.15, 0.2) is 0 Å². The Bertz CT molecular complexity index is 608. The number of rotatable bonds is 6. The number of hydrogen-bond donors (Lipinski definition) is 2. The highest BCUT2D eigenvalue weighted by atomic mass is 16.5. The molecule has 0 unspecified atom stereocenters. The van der Waals surface area contributed by atoms with E-state index in [2.05, 4.69) is 12.2 Å². The fraction of sp³-hybridized carbons (Fsp3) is 0.556. The highest BCUT2D eigenvalue weighted by Gasteiger charge is 2.52. The van der Waals surface area contributed by atoms with Crippen LogP contribution in [0.15, 0.2) is 24.3 Å². The van der Waals surface area contributed by atoms with E-state index in [0.29, 0.717) is 18.6 Å². The first-order chi connectivity index (χ1) is 11.5. The summed E-state index contributed by atoms with van der Waals surface area (Å²) in [5.41, 5.74) is 0.484. The van der Waals surface area contributed by atoms with Crippen LogP contribution in [0, 0.1) is 0 Å². The van der Waals surface area contributed by atoms with E-state index in [9.17, 15) is 14.7 Å². The van der Waals surface area contributed by atoms with Gasteiger partial charge in [0.2, 0.25) is 0 Å². The van der Waals surface area contributed by atoms with Crippen LogP contribution in [-0.2, 0) is 11.2 Å². The number of aryl methyl sites for hydroxylation is 1. The summed E-state index contributed by atoms with van der Waals surface area (Å²) in [6, 6.07) is 7.25. The third kappa shape index (κ3) is 3.24. The van der Waals surface area contributed by atoms with Gasteiger partial charge in [-0.2, -0.15) is 0 Å². The molecule has 2 N–H and O–H groups in total.